The largest absolute Gasteiger partial charge is 0.491 e. The van der Waals surface area contributed by atoms with Crippen LogP contribution in [0.4, 0.5) is 0 Å². The van der Waals surface area contributed by atoms with E-state index in [1.807, 2.05) is 6.07 Å². The fraction of sp³-hybridized carbons (Fsp3) is 0.300. The number of hydrogen-bond donors (Lipinski definition) is 0. The van der Waals surface area contributed by atoms with Crippen molar-refractivity contribution in [3.63, 3.8) is 0 Å². The van der Waals surface area contributed by atoms with E-state index in [0.29, 0.717) is 23.1 Å². The Morgan fingerprint density at radius 3 is 3.08 bits per heavy atom. The second kappa shape index (κ2) is 3.04. The van der Waals surface area contributed by atoms with Gasteiger partial charge in [-0.05, 0) is 12.1 Å². The third-order valence-corrected chi connectivity index (χ3v) is 2.52. The first-order chi connectivity index (χ1) is 6.22. The molecule has 3 heteroatoms. The van der Waals surface area contributed by atoms with Crippen LogP contribution in [0.25, 0.3) is 0 Å². The Kier molecular flexibility index (Phi) is 2.00. The SMILES string of the molecule is CC1COc2c(Cl)cc(C=O)cc21. The average Bonchev–Trinajstić information content (AvgIpc) is 2.48. The molecule has 1 atom stereocenters. The molecule has 0 saturated heterocycles. The van der Waals surface area contributed by atoms with Crippen molar-refractivity contribution < 1.29 is 9.53 Å². The zero-order chi connectivity index (χ0) is 9.42. The van der Waals surface area contributed by atoms with Crippen molar-refractivity contribution in [1.29, 1.82) is 0 Å². The Bertz CT molecular complexity index is 360. The van der Waals surface area contributed by atoms with Gasteiger partial charge in [0.15, 0.2) is 0 Å². The zero-order valence-electron chi connectivity index (χ0n) is 7.21. The molecule has 2 rings (SSSR count). The van der Waals surface area contributed by atoms with E-state index in [0.717, 1.165) is 17.6 Å². The minimum Gasteiger partial charge on any atom is -0.491 e. The fourth-order valence-corrected chi connectivity index (χ4v) is 1.81. The quantitative estimate of drug-likeness (QED) is 0.646. The zero-order valence-corrected chi connectivity index (χ0v) is 7.97. The lowest BCUT2D eigenvalue weighted by atomic mass is 10.0. The molecule has 1 aliphatic rings. The van der Waals surface area contributed by atoms with E-state index in [9.17, 15) is 4.79 Å². The minimum absolute atomic E-state index is 0.326. The van der Waals surface area contributed by atoms with Gasteiger partial charge in [0.05, 0.1) is 11.6 Å². The van der Waals surface area contributed by atoms with Gasteiger partial charge in [0.1, 0.15) is 12.0 Å². The van der Waals surface area contributed by atoms with Crippen molar-refractivity contribution in [3.8, 4) is 5.75 Å². The topological polar surface area (TPSA) is 26.3 Å². The summed E-state index contributed by atoms with van der Waals surface area (Å²) in [5.74, 6) is 1.06. The number of ether oxygens (including phenoxy) is 1. The van der Waals surface area contributed by atoms with Crippen LogP contribution in [-0.4, -0.2) is 12.9 Å². The van der Waals surface area contributed by atoms with Gasteiger partial charge in [-0.3, -0.25) is 4.79 Å². The fourth-order valence-electron chi connectivity index (χ4n) is 1.52. The number of fused-ring (bicyclic) bond motifs is 1. The maximum Gasteiger partial charge on any atom is 0.150 e. The standard InChI is InChI=1S/C10H9ClO2/c1-6-5-13-10-8(6)2-7(4-12)3-9(10)11/h2-4,6H,5H2,1H3. The van der Waals surface area contributed by atoms with Crippen LogP contribution in [0.5, 0.6) is 5.75 Å². The Balaban J connectivity index is 2.59. The van der Waals surface area contributed by atoms with Crippen LogP contribution < -0.4 is 4.74 Å². The normalized spacial score (nSPS) is 19.4. The van der Waals surface area contributed by atoms with Crippen LogP contribution in [0.15, 0.2) is 12.1 Å². The lowest BCUT2D eigenvalue weighted by Gasteiger charge is -2.03. The van der Waals surface area contributed by atoms with Crippen molar-refractivity contribution >= 4 is 17.9 Å². The molecule has 0 aliphatic carbocycles. The highest BCUT2D eigenvalue weighted by Gasteiger charge is 2.23. The molecule has 0 amide bonds. The predicted octanol–water partition coefficient (Wildman–Crippen LogP) is 2.65. The molecule has 0 radical (unpaired) electrons. The van der Waals surface area contributed by atoms with Crippen LogP contribution in [0.2, 0.25) is 5.02 Å². The summed E-state index contributed by atoms with van der Waals surface area (Å²) in [4.78, 5) is 10.6. The minimum atomic E-state index is 0.326. The van der Waals surface area contributed by atoms with Crippen LogP contribution >= 0.6 is 11.6 Å². The van der Waals surface area contributed by atoms with E-state index in [4.69, 9.17) is 16.3 Å². The lowest BCUT2D eigenvalue weighted by molar-refractivity contribution is 0.112. The van der Waals surface area contributed by atoms with Crippen molar-refractivity contribution in [2.24, 2.45) is 0 Å². The molecule has 0 N–H and O–H groups in total. The molecule has 68 valence electrons. The van der Waals surface area contributed by atoms with Gasteiger partial charge in [-0.1, -0.05) is 18.5 Å². The van der Waals surface area contributed by atoms with E-state index in [1.165, 1.54) is 0 Å². The van der Waals surface area contributed by atoms with Crippen molar-refractivity contribution in [1.82, 2.24) is 0 Å². The van der Waals surface area contributed by atoms with Gasteiger partial charge < -0.3 is 4.74 Å². The third-order valence-electron chi connectivity index (χ3n) is 2.24. The van der Waals surface area contributed by atoms with E-state index in [-0.39, 0.29) is 0 Å². The van der Waals surface area contributed by atoms with Crippen LogP contribution in [0, 0.1) is 0 Å². The molecule has 0 aromatic heterocycles. The Morgan fingerprint density at radius 1 is 1.62 bits per heavy atom. The summed E-state index contributed by atoms with van der Waals surface area (Å²) in [6.07, 6.45) is 0.803. The second-order valence-corrected chi connectivity index (χ2v) is 3.66. The summed E-state index contributed by atoms with van der Waals surface area (Å²) >= 11 is 5.93. The van der Waals surface area contributed by atoms with Gasteiger partial charge >= 0.3 is 0 Å². The van der Waals surface area contributed by atoms with E-state index in [1.54, 1.807) is 6.07 Å². The molecule has 0 bridgehead atoms. The highest BCUT2D eigenvalue weighted by Crippen LogP contribution is 2.39. The van der Waals surface area contributed by atoms with Crippen molar-refractivity contribution in [2.75, 3.05) is 6.61 Å². The van der Waals surface area contributed by atoms with Gasteiger partial charge in [0.2, 0.25) is 0 Å². The summed E-state index contributed by atoms with van der Waals surface area (Å²) in [6, 6.07) is 3.47. The molecule has 1 heterocycles. The number of carbonyl (C=O) groups is 1. The van der Waals surface area contributed by atoms with Gasteiger partial charge in [0, 0.05) is 17.0 Å². The maximum absolute atomic E-state index is 10.6. The molecule has 0 spiro atoms. The van der Waals surface area contributed by atoms with Gasteiger partial charge in [-0.25, -0.2) is 0 Å². The summed E-state index contributed by atoms with van der Waals surface area (Å²) in [7, 11) is 0. The molecular weight excluding hydrogens is 188 g/mol. The van der Waals surface area contributed by atoms with E-state index >= 15 is 0 Å². The molecule has 0 saturated carbocycles. The molecular formula is C10H9ClO2. The average molecular weight is 197 g/mol. The van der Waals surface area contributed by atoms with Gasteiger partial charge in [-0.2, -0.15) is 0 Å². The molecule has 1 aromatic carbocycles. The van der Waals surface area contributed by atoms with E-state index < -0.39 is 0 Å². The Morgan fingerprint density at radius 2 is 2.38 bits per heavy atom. The molecule has 1 aromatic rings. The highest BCUT2D eigenvalue weighted by molar-refractivity contribution is 6.32. The maximum atomic E-state index is 10.6. The Labute approximate surface area is 81.5 Å². The molecule has 2 nitrogen and oxygen atoms in total. The summed E-state index contributed by atoms with van der Waals surface area (Å²) in [5, 5.41) is 0.531. The number of halogens is 1. The smallest absolute Gasteiger partial charge is 0.150 e. The van der Waals surface area contributed by atoms with Crippen LogP contribution in [0.3, 0.4) is 0 Å². The molecule has 1 unspecified atom stereocenters. The number of hydrogen-bond acceptors (Lipinski definition) is 2. The van der Waals surface area contributed by atoms with Crippen molar-refractivity contribution in [3.05, 3.63) is 28.3 Å². The third kappa shape index (κ3) is 1.31. The number of rotatable bonds is 1. The van der Waals surface area contributed by atoms with Crippen LogP contribution in [-0.2, 0) is 0 Å². The molecule has 0 fully saturated rings. The first-order valence-corrected chi connectivity index (χ1v) is 4.51. The van der Waals surface area contributed by atoms with Gasteiger partial charge in [-0.15, -0.1) is 0 Å². The van der Waals surface area contributed by atoms with Crippen molar-refractivity contribution in [2.45, 2.75) is 12.8 Å². The first kappa shape index (κ1) is 8.57. The summed E-state index contributed by atoms with van der Waals surface area (Å²) in [5.41, 5.74) is 1.65. The second-order valence-electron chi connectivity index (χ2n) is 3.25. The first-order valence-electron chi connectivity index (χ1n) is 4.14. The number of carbonyl (C=O) groups excluding carboxylic acids is 1. The summed E-state index contributed by atoms with van der Waals surface area (Å²) < 4.78 is 5.39. The number of aldehydes is 1. The lowest BCUT2D eigenvalue weighted by Crippen LogP contribution is -1.93. The molecule has 13 heavy (non-hydrogen) atoms. The highest BCUT2D eigenvalue weighted by atomic mass is 35.5. The Hall–Kier alpha value is -1.02. The molecule has 1 aliphatic heterocycles. The van der Waals surface area contributed by atoms with Crippen LogP contribution in [0.1, 0.15) is 28.8 Å². The summed E-state index contributed by atoms with van der Waals surface area (Å²) in [6.45, 7) is 2.70. The predicted molar refractivity (Wildman–Crippen MR) is 50.7 cm³/mol. The monoisotopic (exact) mass is 196 g/mol. The van der Waals surface area contributed by atoms with E-state index in [2.05, 4.69) is 6.92 Å². The number of benzene rings is 1. The van der Waals surface area contributed by atoms with Gasteiger partial charge in [0.25, 0.3) is 0 Å².